The van der Waals surface area contributed by atoms with Crippen LogP contribution in [0.25, 0.3) is 22.4 Å². The average Bonchev–Trinajstić information content (AvgIpc) is 3.44. The van der Waals surface area contributed by atoms with Crippen molar-refractivity contribution in [1.82, 2.24) is 30.1 Å². The number of thiophene rings is 1. The van der Waals surface area contributed by atoms with Crippen LogP contribution in [0.5, 0.6) is 0 Å². The molecule has 0 amide bonds. The molecule has 30 heavy (non-hydrogen) atoms. The summed E-state index contributed by atoms with van der Waals surface area (Å²) in [4.78, 5) is 18.0. The molecule has 0 atom stereocenters. The Morgan fingerprint density at radius 3 is 2.83 bits per heavy atom. The summed E-state index contributed by atoms with van der Waals surface area (Å²) in [7, 11) is 0. The Bertz CT molecular complexity index is 1120. The molecular weight excluding hydrogens is 398 g/mol. The molecule has 0 bridgehead atoms. The Labute approximate surface area is 177 Å². The zero-order chi connectivity index (χ0) is 20.3. The molecule has 10 heteroatoms. The monoisotopic (exact) mass is 421 g/mol. The summed E-state index contributed by atoms with van der Waals surface area (Å²) in [6, 6.07) is 4.60. The molecule has 1 aliphatic carbocycles. The largest absolute Gasteiger partial charge is 0.351 e. The van der Waals surface area contributed by atoms with E-state index in [0.29, 0.717) is 36.2 Å². The van der Waals surface area contributed by atoms with Crippen LogP contribution in [0, 0.1) is 0 Å². The number of rotatable bonds is 6. The van der Waals surface area contributed by atoms with Gasteiger partial charge in [-0.05, 0) is 54.1 Å². The molecule has 5 N–H and O–H groups in total. The number of hydrogen-bond acceptors (Lipinski definition) is 9. The highest BCUT2D eigenvalue weighted by Gasteiger charge is 2.20. The number of nitrogens with one attached hydrogen (secondary N) is 3. The fourth-order valence-electron chi connectivity index (χ4n) is 3.67. The quantitative estimate of drug-likeness (QED) is 0.373. The SMILES string of the molecule is NC1CCC(Nc2ncc3c(-c4ccnc(NCc5ccsc5)n4)[nH]nc3n2)CC1. The number of aromatic nitrogens is 6. The Kier molecular flexibility index (Phi) is 5.24. The van der Waals surface area contributed by atoms with Gasteiger partial charge in [0, 0.05) is 31.0 Å². The second-order valence-corrected chi connectivity index (χ2v) is 8.32. The predicted octanol–water partition coefficient (Wildman–Crippen LogP) is 3.17. The molecule has 0 unspecified atom stereocenters. The lowest BCUT2D eigenvalue weighted by Gasteiger charge is -2.26. The summed E-state index contributed by atoms with van der Waals surface area (Å²) >= 11 is 1.67. The Hall–Kier alpha value is -3.11. The van der Waals surface area contributed by atoms with Crippen molar-refractivity contribution in [2.75, 3.05) is 10.6 Å². The molecule has 4 aromatic rings. The van der Waals surface area contributed by atoms with Gasteiger partial charge in [0.2, 0.25) is 11.9 Å². The standard InChI is InChI=1S/C20H23N9S/c21-13-1-3-14(4-2-13)25-20-24-10-15-17(28-29-18(15)27-20)16-5-7-22-19(26-16)23-9-12-6-8-30-11-12/h5-8,10-11,13-14H,1-4,9,21H2,(H,22,23,26)(H2,24,25,27,28,29). The third-order valence-corrected chi connectivity index (χ3v) is 6.09. The van der Waals surface area contributed by atoms with Crippen LogP contribution in [0.4, 0.5) is 11.9 Å². The number of nitrogens with zero attached hydrogens (tertiary/aromatic N) is 5. The van der Waals surface area contributed by atoms with E-state index in [-0.39, 0.29) is 0 Å². The van der Waals surface area contributed by atoms with E-state index in [9.17, 15) is 0 Å². The lowest BCUT2D eigenvalue weighted by atomic mass is 9.92. The van der Waals surface area contributed by atoms with Crippen LogP contribution >= 0.6 is 11.3 Å². The van der Waals surface area contributed by atoms with Gasteiger partial charge in [-0.15, -0.1) is 0 Å². The van der Waals surface area contributed by atoms with Gasteiger partial charge in [-0.2, -0.15) is 21.4 Å². The highest BCUT2D eigenvalue weighted by atomic mass is 32.1. The molecule has 9 nitrogen and oxygen atoms in total. The number of H-pyrrole nitrogens is 1. The van der Waals surface area contributed by atoms with Crippen LogP contribution in [0.15, 0.2) is 35.3 Å². The first-order chi connectivity index (χ1) is 14.7. The number of nitrogens with two attached hydrogens (primary N) is 1. The Morgan fingerprint density at radius 2 is 2.00 bits per heavy atom. The fraction of sp³-hybridized carbons (Fsp3) is 0.350. The summed E-state index contributed by atoms with van der Waals surface area (Å²) < 4.78 is 0. The Morgan fingerprint density at radius 1 is 1.10 bits per heavy atom. The smallest absolute Gasteiger partial charge is 0.224 e. The van der Waals surface area contributed by atoms with Gasteiger partial charge in [0.05, 0.1) is 16.8 Å². The molecule has 154 valence electrons. The molecule has 4 heterocycles. The van der Waals surface area contributed by atoms with Crippen LogP contribution in [0.2, 0.25) is 0 Å². The van der Waals surface area contributed by atoms with E-state index >= 15 is 0 Å². The molecule has 1 saturated carbocycles. The summed E-state index contributed by atoms with van der Waals surface area (Å²) in [6.45, 7) is 0.681. The number of anilines is 2. The molecule has 4 aromatic heterocycles. The van der Waals surface area contributed by atoms with Gasteiger partial charge in [0.25, 0.3) is 0 Å². The molecule has 0 aliphatic heterocycles. The number of hydrogen-bond donors (Lipinski definition) is 4. The molecule has 5 rings (SSSR count). The van der Waals surface area contributed by atoms with Gasteiger partial charge < -0.3 is 16.4 Å². The van der Waals surface area contributed by atoms with Gasteiger partial charge >= 0.3 is 0 Å². The second-order valence-electron chi connectivity index (χ2n) is 7.54. The van der Waals surface area contributed by atoms with Crippen LogP contribution in [-0.2, 0) is 6.54 Å². The minimum absolute atomic E-state index is 0.317. The number of aromatic amines is 1. The summed E-state index contributed by atoms with van der Waals surface area (Å²) in [5.41, 5.74) is 9.33. The van der Waals surface area contributed by atoms with E-state index in [1.165, 1.54) is 5.56 Å². The molecule has 0 spiro atoms. The summed E-state index contributed by atoms with van der Waals surface area (Å²) in [6.07, 6.45) is 7.66. The topological polar surface area (TPSA) is 130 Å². The van der Waals surface area contributed by atoms with Crippen molar-refractivity contribution in [2.45, 2.75) is 44.3 Å². The first-order valence-electron chi connectivity index (χ1n) is 10.1. The molecule has 0 saturated heterocycles. The van der Waals surface area contributed by atoms with Crippen molar-refractivity contribution in [2.24, 2.45) is 5.73 Å². The summed E-state index contributed by atoms with van der Waals surface area (Å²) in [5.74, 6) is 1.16. The van der Waals surface area contributed by atoms with Crippen LogP contribution in [0.3, 0.4) is 0 Å². The van der Waals surface area contributed by atoms with Crippen molar-refractivity contribution in [3.05, 3.63) is 40.8 Å². The highest BCUT2D eigenvalue weighted by molar-refractivity contribution is 7.07. The maximum atomic E-state index is 5.99. The third kappa shape index (κ3) is 4.10. The zero-order valence-electron chi connectivity index (χ0n) is 16.4. The maximum Gasteiger partial charge on any atom is 0.224 e. The fourth-order valence-corrected chi connectivity index (χ4v) is 4.34. The van der Waals surface area contributed by atoms with Gasteiger partial charge in [0.1, 0.15) is 0 Å². The lowest BCUT2D eigenvalue weighted by Crippen LogP contribution is -2.33. The van der Waals surface area contributed by atoms with E-state index in [0.717, 1.165) is 42.5 Å². The van der Waals surface area contributed by atoms with E-state index in [1.807, 2.05) is 6.07 Å². The van der Waals surface area contributed by atoms with Gasteiger partial charge in [-0.1, -0.05) is 0 Å². The molecule has 0 aromatic carbocycles. The minimum atomic E-state index is 0.317. The predicted molar refractivity (Wildman–Crippen MR) is 118 cm³/mol. The van der Waals surface area contributed by atoms with Crippen molar-refractivity contribution >= 4 is 34.3 Å². The van der Waals surface area contributed by atoms with Gasteiger partial charge in [-0.25, -0.2) is 15.0 Å². The lowest BCUT2D eigenvalue weighted by molar-refractivity contribution is 0.410. The minimum Gasteiger partial charge on any atom is -0.351 e. The van der Waals surface area contributed by atoms with Crippen molar-refractivity contribution in [3.8, 4) is 11.4 Å². The first-order valence-corrected chi connectivity index (χ1v) is 11.0. The molecule has 0 radical (unpaired) electrons. The van der Waals surface area contributed by atoms with Gasteiger partial charge in [0.15, 0.2) is 5.65 Å². The van der Waals surface area contributed by atoms with E-state index in [2.05, 4.69) is 57.6 Å². The maximum absolute atomic E-state index is 5.99. The highest BCUT2D eigenvalue weighted by Crippen LogP contribution is 2.25. The first kappa shape index (κ1) is 18.9. The second kappa shape index (κ2) is 8.33. The molecule has 1 fully saturated rings. The normalized spacial score (nSPS) is 19.1. The zero-order valence-corrected chi connectivity index (χ0v) is 17.2. The number of fused-ring (bicyclic) bond motifs is 1. The van der Waals surface area contributed by atoms with E-state index in [1.54, 1.807) is 23.7 Å². The van der Waals surface area contributed by atoms with Crippen LogP contribution in [-0.4, -0.2) is 42.2 Å². The summed E-state index contributed by atoms with van der Waals surface area (Å²) in [5, 5.41) is 19.1. The molecular formula is C20H23N9S. The van der Waals surface area contributed by atoms with Gasteiger partial charge in [-0.3, -0.25) is 5.10 Å². The van der Waals surface area contributed by atoms with Crippen molar-refractivity contribution in [1.29, 1.82) is 0 Å². The van der Waals surface area contributed by atoms with Crippen LogP contribution in [0.1, 0.15) is 31.2 Å². The van der Waals surface area contributed by atoms with Crippen molar-refractivity contribution < 1.29 is 0 Å². The van der Waals surface area contributed by atoms with E-state index < -0.39 is 0 Å². The third-order valence-electron chi connectivity index (χ3n) is 5.36. The van der Waals surface area contributed by atoms with Crippen LogP contribution < -0.4 is 16.4 Å². The Balaban J connectivity index is 1.33. The molecule has 1 aliphatic rings. The van der Waals surface area contributed by atoms with E-state index in [4.69, 9.17) is 5.73 Å². The van der Waals surface area contributed by atoms with Crippen molar-refractivity contribution in [3.63, 3.8) is 0 Å². The average molecular weight is 422 g/mol.